The molecule has 3 heterocycles. The van der Waals surface area contributed by atoms with Gasteiger partial charge in [0.25, 0.3) is 11.5 Å². The van der Waals surface area contributed by atoms with E-state index in [2.05, 4.69) is 33.2 Å². The average molecular weight is 395 g/mol. The molecule has 0 radical (unpaired) electrons. The maximum Gasteiger partial charge on any atom is 0.265 e. The van der Waals surface area contributed by atoms with Crippen LogP contribution < -0.4 is 10.9 Å². The number of carbonyl (C=O) groups excluding carboxylic acids is 1. The molecule has 0 saturated carbocycles. The summed E-state index contributed by atoms with van der Waals surface area (Å²) in [6, 6.07) is 7.82. The quantitative estimate of drug-likeness (QED) is 0.726. The van der Waals surface area contributed by atoms with Crippen LogP contribution in [-0.4, -0.2) is 58.5 Å². The lowest BCUT2D eigenvalue weighted by atomic mass is 10.1. The van der Waals surface area contributed by atoms with Crippen molar-refractivity contribution >= 4 is 22.7 Å². The van der Waals surface area contributed by atoms with Crippen LogP contribution in [0.5, 0.6) is 0 Å². The minimum Gasteiger partial charge on any atom is -0.442 e. The largest absolute Gasteiger partial charge is 0.442 e. The third kappa shape index (κ3) is 3.94. The molecule has 8 heteroatoms. The molecule has 1 saturated heterocycles. The Labute approximate surface area is 168 Å². The maximum absolute atomic E-state index is 12.9. The van der Waals surface area contributed by atoms with Crippen molar-refractivity contribution in [1.29, 1.82) is 0 Å². The molecule has 0 unspecified atom stereocenters. The van der Waals surface area contributed by atoms with Gasteiger partial charge in [0.1, 0.15) is 17.5 Å². The molecule has 1 amide bonds. The van der Waals surface area contributed by atoms with Crippen molar-refractivity contribution in [3.05, 3.63) is 57.8 Å². The summed E-state index contributed by atoms with van der Waals surface area (Å²) in [5, 5.41) is 3.11. The molecule has 1 N–H and O–H groups in total. The van der Waals surface area contributed by atoms with Gasteiger partial charge in [0, 0.05) is 45.5 Å². The highest BCUT2D eigenvalue weighted by atomic mass is 16.3. The Bertz CT molecular complexity index is 1110. The van der Waals surface area contributed by atoms with Crippen LogP contribution in [0.2, 0.25) is 0 Å². The van der Waals surface area contributed by atoms with Crippen molar-refractivity contribution in [2.45, 2.75) is 13.5 Å². The molecule has 1 aromatic carbocycles. The van der Waals surface area contributed by atoms with Gasteiger partial charge >= 0.3 is 0 Å². The summed E-state index contributed by atoms with van der Waals surface area (Å²) in [6.07, 6.45) is 1.39. The molecule has 0 spiro atoms. The SMILES string of the molecule is Cc1oc2ncn(C)c(=O)c2c1C(=O)Nc1cccc(CN2CCN(C)CC2)c1. The first-order chi connectivity index (χ1) is 13.9. The highest BCUT2D eigenvalue weighted by Crippen LogP contribution is 2.22. The molecule has 0 atom stereocenters. The van der Waals surface area contributed by atoms with Crippen LogP contribution in [0.4, 0.5) is 5.69 Å². The van der Waals surface area contributed by atoms with E-state index in [1.54, 1.807) is 14.0 Å². The molecule has 1 aliphatic heterocycles. The van der Waals surface area contributed by atoms with Gasteiger partial charge in [-0.2, -0.15) is 0 Å². The molecule has 8 nitrogen and oxygen atoms in total. The average Bonchev–Trinajstić information content (AvgIpc) is 3.04. The van der Waals surface area contributed by atoms with E-state index in [0.717, 1.165) is 38.3 Å². The van der Waals surface area contributed by atoms with Crippen LogP contribution >= 0.6 is 0 Å². The number of fused-ring (bicyclic) bond motifs is 1. The number of hydrogen-bond acceptors (Lipinski definition) is 6. The van der Waals surface area contributed by atoms with Gasteiger partial charge in [0.05, 0.1) is 5.56 Å². The number of benzene rings is 1. The summed E-state index contributed by atoms with van der Waals surface area (Å²) in [4.78, 5) is 34.3. The van der Waals surface area contributed by atoms with Crippen molar-refractivity contribution in [3.8, 4) is 0 Å². The van der Waals surface area contributed by atoms with Crippen LogP contribution in [-0.2, 0) is 13.6 Å². The van der Waals surface area contributed by atoms with Crippen LogP contribution in [0.15, 0.2) is 39.8 Å². The zero-order valence-electron chi connectivity index (χ0n) is 16.9. The summed E-state index contributed by atoms with van der Waals surface area (Å²) in [5.74, 6) is 0.00462. The number of rotatable bonds is 4. The summed E-state index contributed by atoms with van der Waals surface area (Å²) in [5.41, 5.74) is 1.94. The topological polar surface area (TPSA) is 83.6 Å². The number of piperazine rings is 1. The Morgan fingerprint density at radius 1 is 1.21 bits per heavy atom. The van der Waals surface area contributed by atoms with Crippen LogP contribution in [0.1, 0.15) is 21.7 Å². The Morgan fingerprint density at radius 3 is 2.72 bits per heavy atom. The molecule has 3 aromatic rings. The predicted molar refractivity (Wildman–Crippen MR) is 111 cm³/mol. The fraction of sp³-hybridized carbons (Fsp3) is 0.381. The normalized spacial score (nSPS) is 15.7. The minimum absolute atomic E-state index is 0.180. The van der Waals surface area contributed by atoms with E-state index in [-0.39, 0.29) is 28.1 Å². The second kappa shape index (κ2) is 7.81. The minimum atomic E-state index is -0.372. The second-order valence-electron chi connectivity index (χ2n) is 7.61. The molecule has 4 rings (SSSR count). The summed E-state index contributed by atoms with van der Waals surface area (Å²) in [6.45, 7) is 6.70. The smallest absolute Gasteiger partial charge is 0.265 e. The van der Waals surface area contributed by atoms with Gasteiger partial charge in [-0.1, -0.05) is 12.1 Å². The molecule has 0 bridgehead atoms. The van der Waals surface area contributed by atoms with E-state index in [4.69, 9.17) is 4.42 Å². The van der Waals surface area contributed by atoms with Gasteiger partial charge < -0.3 is 19.2 Å². The van der Waals surface area contributed by atoms with Crippen molar-refractivity contribution in [1.82, 2.24) is 19.4 Å². The van der Waals surface area contributed by atoms with E-state index < -0.39 is 0 Å². The number of amides is 1. The Balaban J connectivity index is 1.55. The number of hydrogen-bond donors (Lipinski definition) is 1. The van der Waals surface area contributed by atoms with Crippen molar-refractivity contribution in [2.75, 3.05) is 38.5 Å². The number of nitrogens with zero attached hydrogens (tertiary/aromatic N) is 4. The van der Waals surface area contributed by atoms with Gasteiger partial charge in [0.2, 0.25) is 5.71 Å². The predicted octanol–water partition coefficient (Wildman–Crippen LogP) is 1.83. The van der Waals surface area contributed by atoms with Gasteiger partial charge in [-0.25, -0.2) is 4.98 Å². The monoisotopic (exact) mass is 395 g/mol. The first-order valence-electron chi connectivity index (χ1n) is 9.68. The number of carbonyl (C=O) groups is 1. The molecule has 2 aromatic heterocycles. The fourth-order valence-corrected chi connectivity index (χ4v) is 3.67. The van der Waals surface area contributed by atoms with E-state index in [1.165, 1.54) is 10.9 Å². The standard InChI is InChI=1S/C21H25N5O3/c1-14-17(18-20(29-14)22-13-25(3)21(18)28)19(27)23-16-6-4-5-15(11-16)12-26-9-7-24(2)8-10-26/h4-6,11,13H,7-10,12H2,1-3H3,(H,23,27). The third-order valence-electron chi connectivity index (χ3n) is 5.36. The van der Waals surface area contributed by atoms with E-state index in [0.29, 0.717) is 11.4 Å². The summed E-state index contributed by atoms with van der Waals surface area (Å²) >= 11 is 0. The lowest BCUT2D eigenvalue weighted by Crippen LogP contribution is -2.43. The fourth-order valence-electron chi connectivity index (χ4n) is 3.67. The van der Waals surface area contributed by atoms with Gasteiger partial charge in [-0.05, 0) is 31.7 Å². The van der Waals surface area contributed by atoms with Gasteiger partial charge in [-0.15, -0.1) is 0 Å². The van der Waals surface area contributed by atoms with Crippen molar-refractivity contribution in [3.63, 3.8) is 0 Å². The Hall–Kier alpha value is -2.97. The third-order valence-corrected chi connectivity index (χ3v) is 5.36. The maximum atomic E-state index is 12.9. The highest BCUT2D eigenvalue weighted by molar-refractivity contribution is 6.12. The molecule has 1 aliphatic rings. The van der Waals surface area contributed by atoms with Gasteiger partial charge in [0.15, 0.2) is 0 Å². The lowest BCUT2D eigenvalue weighted by Gasteiger charge is -2.32. The van der Waals surface area contributed by atoms with Gasteiger partial charge in [-0.3, -0.25) is 14.5 Å². The molecule has 29 heavy (non-hydrogen) atoms. The number of aromatic nitrogens is 2. The Morgan fingerprint density at radius 2 is 1.97 bits per heavy atom. The zero-order chi connectivity index (χ0) is 20.5. The number of anilines is 1. The zero-order valence-corrected chi connectivity index (χ0v) is 16.9. The van der Waals surface area contributed by atoms with Crippen LogP contribution in [0, 0.1) is 6.92 Å². The van der Waals surface area contributed by atoms with E-state index >= 15 is 0 Å². The number of likely N-dealkylation sites (N-methyl/N-ethyl adjacent to an activating group) is 1. The first kappa shape index (κ1) is 19.4. The molecule has 0 aliphatic carbocycles. The van der Waals surface area contributed by atoms with Crippen LogP contribution in [0.3, 0.4) is 0 Å². The van der Waals surface area contributed by atoms with E-state index in [9.17, 15) is 9.59 Å². The summed E-state index contributed by atoms with van der Waals surface area (Å²) in [7, 11) is 3.73. The summed E-state index contributed by atoms with van der Waals surface area (Å²) < 4.78 is 6.87. The molecule has 152 valence electrons. The van der Waals surface area contributed by atoms with Crippen LogP contribution in [0.25, 0.3) is 11.1 Å². The van der Waals surface area contributed by atoms with E-state index in [1.807, 2.05) is 18.2 Å². The lowest BCUT2D eigenvalue weighted by molar-refractivity contribution is 0.102. The molecule has 1 fully saturated rings. The van der Waals surface area contributed by atoms with Crippen molar-refractivity contribution in [2.24, 2.45) is 7.05 Å². The highest BCUT2D eigenvalue weighted by Gasteiger charge is 2.22. The number of furan rings is 1. The molecular formula is C21H25N5O3. The molecular weight excluding hydrogens is 370 g/mol. The number of aryl methyl sites for hydroxylation is 2. The second-order valence-corrected chi connectivity index (χ2v) is 7.61. The van der Waals surface area contributed by atoms with Crippen molar-refractivity contribution < 1.29 is 9.21 Å². The number of nitrogens with one attached hydrogen (secondary N) is 1. The Kier molecular flexibility index (Phi) is 5.21. The first-order valence-corrected chi connectivity index (χ1v) is 9.68.